The van der Waals surface area contributed by atoms with Gasteiger partial charge >= 0.3 is 0 Å². The largest absolute Gasteiger partial charge is 0.397 e. The molecule has 2 aromatic rings. The minimum atomic E-state index is 0.665. The minimum absolute atomic E-state index is 0.665. The van der Waals surface area contributed by atoms with Crippen molar-refractivity contribution in [2.24, 2.45) is 0 Å². The zero-order chi connectivity index (χ0) is 11.5. The lowest BCUT2D eigenvalue weighted by Crippen LogP contribution is -2.04. The van der Waals surface area contributed by atoms with Gasteiger partial charge in [0.05, 0.1) is 34.1 Å². The first-order chi connectivity index (χ1) is 7.68. The molecule has 2 aromatic heterocycles. The van der Waals surface area contributed by atoms with E-state index in [0.29, 0.717) is 12.2 Å². The van der Waals surface area contributed by atoms with Gasteiger partial charge in [-0.3, -0.25) is 0 Å². The van der Waals surface area contributed by atoms with Crippen LogP contribution in [-0.4, -0.2) is 9.97 Å². The maximum Gasteiger partial charge on any atom is 0.141 e. The summed E-state index contributed by atoms with van der Waals surface area (Å²) in [6, 6.07) is 0. The summed E-state index contributed by atoms with van der Waals surface area (Å²) in [6.07, 6.45) is 1.66. The Morgan fingerprint density at radius 2 is 2.31 bits per heavy atom. The summed E-state index contributed by atoms with van der Waals surface area (Å²) in [5.74, 6) is 0.791. The monoisotopic (exact) mass is 298 g/mol. The fourth-order valence-corrected chi connectivity index (χ4v) is 2.24. The van der Waals surface area contributed by atoms with E-state index in [0.717, 1.165) is 21.5 Å². The second-order valence-corrected chi connectivity index (χ2v) is 4.85. The maximum atomic E-state index is 5.75. The minimum Gasteiger partial charge on any atom is -0.397 e. The van der Waals surface area contributed by atoms with Crippen LogP contribution in [0.4, 0.5) is 11.5 Å². The quantitative estimate of drug-likeness (QED) is 0.914. The van der Waals surface area contributed by atoms with E-state index in [1.165, 1.54) is 0 Å². The summed E-state index contributed by atoms with van der Waals surface area (Å²) in [5.41, 5.74) is 10.3. The Morgan fingerprint density at radius 1 is 1.50 bits per heavy atom. The number of hydrogen-bond acceptors (Lipinski definition) is 5. The summed E-state index contributed by atoms with van der Waals surface area (Å²) in [7, 11) is 0. The number of hydrogen-bond donors (Lipinski definition) is 2. The molecule has 0 unspecified atom stereocenters. The average molecular weight is 299 g/mol. The number of nitrogens with one attached hydrogen (secondary N) is 1. The number of nitrogens with two attached hydrogens (primary N) is 1. The zero-order valence-corrected chi connectivity index (χ0v) is 11.1. The number of aromatic nitrogens is 2. The first-order valence-corrected chi connectivity index (χ1v) is 6.43. The molecule has 0 saturated heterocycles. The number of nitrogen functional groups attached to an aromatic ring is 1. The summed E-state index contributed by atoms with van der Waals surface area (Å²) < 4.78 is 0.905. The average Bonchev–Trinajstić information content (AvgIpc) is 2.78. The number of halogens is 1. The molecule has 0 bridgehead atoms. The van der Waals surface area contributed by atoms with E-state index in [2.05, 4.69) is 31.2 Å². The molecule has 6 heteroatoms. The van der Waals surface area contributed by atoms with Gasteiger partial charge in [0.25, 0.3) is 0 Å². The van der Waals surface area contributed by atoms with E-state index < -0.39 is 0 Å². The van der Waals surface area contributed by atoms with Gasteiger partial charge in [0, 0.05) is 5.38 Å². The summed E-state index contributed by atoms with van der Waals surface area (Å²) in [5, 5.41) is 5.22. The Balaban J connectivity index is 2.13. The highest BCUT2D eigenvalue weighted by Crippen LogP contribution is 2.27. The Hall–Kier alpha value is -1.14. The molecule has 0 radical (unpaired) electrons. The molecule has 0 aliphatic carbocycles. The van der Waals surface area contributed by atoms with Crippen molar-refractivity contribution in [1.29, 1.82) is 0 Å². The van der Waals surface area contributed by atoms with Crippen molar-refractivity contribution in [2.45, 2.75) is 13.5 Å². The van der Waals surface area contributed by atoms with E-state index in [9.17, 15) is 0 Å². The van der Waals surface area contributed by atoms with Crippen LogP contribution in [0.2, 0.25) is 0 Å². The van der Waals surface area contributed by atoms with Crippen LogP contribution in [0, 0.1) is 6.92 Å². The molecule has 0 saturated carbocycles. The summed E-state index contributed by atoms with van der Waals surface area (Å²) in [4.78, 5) is 8.42. The van der Waals surface area contributed by atoms with E-state index in [-0.39, 0.29) is 0 Å². The fraction of sp³-hybridized carbons (Fsp3) is 0.200. The Bertz CT molecular complexity index is 484. The van der Waals surface area contributed by atoms with Crippen molar-refractivity contribution in [2.75, 3.05) is 11.1 Å². The van der Waals surface area contributed by atoms with Crippen molar-refractivity contribution in [3.05, 3.63) is 32.8 Å². The maximum absolute atomic E-state index is 5.75. The van der Waals surface area contributed by atoms with Crippen molar-refractivity contribution in [1.82, 2.24) is 9.97 Å². The topological polar surface area (TPSA) is 63.8 Å². The van der Waals surface area contributed by atoms with Crippen LogP contribution in [-0.2, 0) is 6.54 Å². The zero-order valence-electron chi connectivity index (χ0n) is 8.70. The first-order valence-electron chi connectivity index (χ1n) is 4.70. The molecule has 0 aliphatic rings. The molecule has 84 valence electrons. The molecular weight excluding hydrogens is 288 g/mol. The third kappa shape index (κ3) is 2.33. The predicted molar refractivity (Wildman–Crippen MR) is 70.5 cm³/mol. The molecule has 3 N–H and O–H groups in total. The number of thiazole rings is 1. The number of anilines is 2. The second-order valence-electron chi connectivity index (χ2n) is 3.33. The molecule has 16 heavy (non-hydrogen) atoms. The third-order valence-corrected chi connectivity index (χ3v) is 3.83. The highest BCUT2D eigenvalue weighted by atomic mass is 79.9. The Kier molecular flexibility index (Phi) is 3.40. The van der Waals surface area contributed by atoms with Crippen LogP contribution in [0.3, 0.4) is 0 Å². The van der Waals surface area contributed by atoms with Gasteiger partial charge in [-0.25, -0.2) is 9.97 Å². The lowest BCUT2D eigenvalue weighted by atomic mass is 10.2. The van der Waals surface area contributed by atoms with Gasteiger partial charge in [-0.05, 0) is 28.4 Å². The summed E-state index contributed by atoms with van der Waals surface area (Å²) >= 11 is 5.05. The predicted octanol–water partition coefficient (Wildman–Crippen LogP) is 2.80. The van der Waals surface area contributed by atoms with E-state index in [1.54, 1.807) is 17.5 Å². The van der Waals surface area contributed by atoms with Crippen molar-refractivity contribution >= 4 is 38.8 Å². The number of rotatable bonds is 3. The van der Waals surface area contributed by atoms with Crippen molar-refractivity contribution < 1.29 is 0 Å². The lowest BCUT2D eigenvalue weighted by molar-refractivity contribution is 1.05. The molecule has 0 atom stereocenters. The molecule has 0 fully saturated rings. The molecular formula is C10H11BrN4S. The van der Waals surface area contributed by atoms with Crippen LogP contribution in [0.1, 0.15) is 11.3 Å². The third-order valence-electron chi connectivity index (χ3n) is 2.22. The SMILES string of the molecule is Cc1c(N)cnc(NCc2cscn2)c1Br. The van der Waals surface area contributed by atoms with Crippen LogP contribution < -0.4 is 11.1 Å². The van der Waals surface area contributed by atoms with Crippen LogP contribution in [0.15, 0.2) is 21.6 Å². The smallest absolute Gasteiger partial charge is 0.141 e. The van der Waals surface area contributed by atoms with Gasteiger partial charge in [0.1, 0.15) is 5.82 Å². The molecule has 0 spiro atoms. The number of pyridine rings is 1. The normalized spacial score (nSPS) is 10.4. The van der Waals surface area contributed by atoms with E-state index >= 15 is 0 Å². The molecule has 2 rings (SSSR count). The lowest BCUT2D eigenvalue weighted by Gasteiger charge is -2.09. The van der Waals surface area contributed by atoms with Gasteiger partial charge in [0.2, 0.25) is 0 Å². The molecule has 2 heterocycles. The second kappa shape index (κ2) is 4.80. The van der Waals surface area contributed by atoms with Crippen molar-refractivity contribution in [3.63, 3.8) is 0 Å². The highest BCUT2D eigenvalue weighted by molar-refractivity contribution is 9.10. The molecule has 4 nitrogen and oxygen atoms in total. The van der Waals surface area contributed by atoms with Crippen LogP contribution >= 0.6 is 27.3 Å². The highest BCUT2D eigenvalue weighted by Gasteiger charge is 2.07. The molecule has 0 amide bonds. The van der Waals surface area contributed by atoms with Gasteiger partial charge in [-0.15, -0.1) is 11.3 Å². The Labute approximate surface area is 106 Å². The molecule has 0 aromatic carbocycles. The van der Waals surface area contributed by atoms with E-state index in [4.69, 9.17) is 5.73 Å². The van der Waals surface area contributed by atoms with Crippen molar-refractivity contribution in [3.8, 4) is 0 Å². The molecule has 0 aliphatic heterocycles. The van der Waals surface area contributed by atoms with Crippen LogP contribution in [0.25, 0.3) is 0 Å². The van der Waals surface area contributed by atoms with Gasteiger partial charge < -0.3 is 11.1 Å². The summed E-state index contributed by atoms with van der Waals surface area (Å²) in [6.45, 7) is 2.62. The van der Waals surface area contributed by atoms with E-state index in [1.807, 2.05) is 17.8 Å². The van der Waals surface area contributed by atoms with Gasteiger partial charge in [0.15, 0.2) is 0 Å². The first kappa shape index (κ1) is 11.3. The van der Waals surface area contributed by atoms with Gasteiger partial charge in [-0.1, -0.05) is 0 Å². The fourth-order valence-electron chi connectivity index (χ4n) is 1.21. The van der Waals surface area contributed by atoms with Crippen LogP contribution in [0.5, 0.6) is 0 Å². The standard InChI is InChI=1S/C10H11BrN4S/c1-6-8(12)3-14-10(9(6)11)13-2-7-4-16-5-15-7/h3-5H,2,12H2,1H3,(H,13,14). The van der Waals surface area contributed by atoms with Gasteiger partial charge in [-0.2, -0.15) is 0 Å². The number of nitrogens with zero attached hydrogens (tertiary/aromatic N) is 2. The Morgan fingerprint density at radius 3 is 3.00 bits per heavy atom.